The van der Waals surface area contributed by atoms with Crippen LogP contribution in [-0.4, -0.2) is 0 Å². The van der Waals surface area contributed by atoms with Gasteiger partial charge < -0.3 is 0 Å². The maximum Gasteiger partial charge on any atom is 0.416 e. The molecular formula is C16H8F12. The summed E-state index contributed by atoms with van der Waals surface area (Å²) in [5.41, 5.74) is -5.20. The van der Waals surface area contributed by atoms with E-state index in [1.165, 1.54) is 0 Å². The lowest BCUT2D eigenvalue weighted by Crippen LogP contribution is -2.09. The standard InChI is InChI=1S/2C8H4F6/c2*9-7(10,11)5-2-1-3-6(4-5)8(12,13)14/h2*1-4H. The van der Waals surface area contributed by atoms with E-state index < -0.39 is 47.0 Å². The van der Waals surface area contributed by atoms with Crippen LogP contribution in [0.4, 0.5) is 52.7 Å². The van der Waals surface area contributed by atoms with Gasteiger partial charge in [0.1, 0.15) is 0 Å². The van der Waals surface area contributed by atoms with Crippen molar-refractivity contribution < 1.29 is 52.7 Å². The first-order chi connectivity index (χ1) is 12.4. The summed E-state index contributed by atoms with van der Waals surface area (Å²) in [6.07, 6.45) is -19.0. The van der Waals surface area contributed by atoms with Gasteiger partial charge in [-0.3, -0.25) is 0 Å². The second kappa shape index (κ2) is 7.92. The fourth-order valence-electron chi connectivity index (χ4n) is 1.74. The molecule has 0 amide bonds. The van der Waals surface area contributed by atoms with Crippen molar-refractivity contribution in [1.29, 1.82) is 0 Å². The topological polar surface area (TPSA) is 0 Å². The largest absolute Gasteiger partial charge is 0.416 e. The van der Waals surface area contributed by atoms with Gasteiger partial charge in [-0.1, -0.05) is 12.1 Å². The molecule has 12 heteroatoms. The Morgan fingerprint density at radius 2 is 0.536 bits per heavy atom. The molecule has 0 fully saturated rings. The molecule has 156 valence electrons. The van der Waals surface area contributed by atoms with Crippen LogP contribution in [-0.2, 0) is 24.7 Å². The first-order valence-corrected chi connectivity index (χ1v) is 6.91. The summed E-state index contributed by atoms with van der Waals surface area (Å²) in [6, 6.07) is 3.99. The number of rotatable bonds is 0. The van der Waals surface area contributed by atoms with Gasteiger partial charge in [0, 0.05) is 0 Å². The minimum Gasteiger partial charge on any atom is -0.166 e. The van der Waals surface area contributed by atoms with Crippen molar-refractivity contribution in [3.63, 3.8) is 0 Å². The highest BCUT2D eigenvalue weighted by molar-refractivity contribution is 5.28. The van der Waals surface area contributed by atoms with Crippen LogP contribution in [0.1, 0.15) is 22.3 Å². The van der Waals surface area contributed by atoms with Gasteiger partial charge in [-0.05, 0) is 36.4 Å². The maximum absolute atomic E-state index is 12.0. The molecule has 2 aromatic carbocycles. The first kappa shape index (κ1) is 23.6. The van der Waals surface area contributed by atoms with Gasteiger partial charge in [0.25, 0.3) is 0 Å². The fourth-order valence-corrected chi connectivity index (χ4v) is 1.74. The molecule has 2 rings (SSSR count). The summed E-state index contributed by atoms with van der Waals surface area (Å²) in [5.74, 6) is 0. The predicted molar refractivity (Wildman–Crippen MR) is 72.9 cm³/mol. The molecule has 0 heterocycles. The predicted octanol–water partition coefficient (Wildman–Crippen LogP) is 7.45. The molecule has 0 aliphatic heterocycles. The Morgan fingerprint density at radius 3 is 0.679 bits per heavy atom. The van der Waals surface area contributed by atoms with E-state index in [-0.39, 0.29) is 12.1 Å². The summed E-state index contributed by atoms with van der Waals surface area (Å²) in [7, 11) is 0. The number of hydrogen-bond acceptors (Lipinski definition) is 0. The Kier molecular flexibility index (Phi) is 6.68. The molecule has 0 unspecified atom stereocenters. The smallest absolute Gasteiger partial charge is 0.166 e. The molecule has 0 aromatic heterocycles. The van der Waals surface area contributed by atoms with Crippen molar-refractivity contribution in [3.8, 4) is 0 Å². The quantitative estimate of drug-likeness (QED) is 0.383. The van der Waals surface area contributed by atoms with E-state index >= 15 is 0 Å². The molecule has 0 saturated carbocycles. The first-order valence-electron chi connectivity index (χ1n) is 6.91. The molecule has 0 bridgehead atoms. The zero-order chi connectivity index (χ0) is 22.0. The molecule has 0 aliphatic rings. The highest BCUT2D eigenvalue weighted by Crippen LogP contribution is 2.36. The summed E-state index contributed by atoms with van der Waals surface area (Å²) in [4.78, 5) is 0. The lowest BCUT2D eigenvalue weighted by atomic mass is 10.1. The van der Waals surface area contributed by atoms with Crippen molar-refractivity contribution in [3.05, 3.63) is 70.8 Å². The molecule has 0 atom stereocenters. The van der Waals surface area contributed by atoms with Crippen LogP contribution in [0.2, 0.25) is 0 Å². The average Bonchev–Trinajstić information content (AvgIpc) is 2.52. The second-order valence-electron chi connectivity index (χ2n) is 5.15. The second-order valence-corrected chi connectivity index (χ2v) is 5.15. The third-order valence-electron chi connectivity index (χ3n) is 3.03. The van der Waals surface area contributed by atoms with Crippen LogP contribution < -0.4 is 0 Å². The normalized spacial score (nSPS) is 13.0. The summed E-state index contributed by atoms with van der Waals surface area (Å²) >= 11 is 0. The van der Waals surface area contributed by atoms with Gasteiger partial charge in [-0.25, -0.2) is 0 Å². The van der Waals surface area contributed by atoms with Crippen molar-refractivity contribution in [2.24, 2.45) is 0 Å². The van der Waals surface area contributed by atoms with Crippen molar-refractivity contribution >= 4 is 0 Å². The van der Waals surface area contributed by atoms with Crippen LogP contribution in [0.25, 0.3) is 0 Å². The van der Waals surface area contributed by atoms with Crippen molar-refractivity contribution in [1.82, 2.24) is 0 Å². The minimum atomic E-state index is -4.75. The summed E-state index contributed by atoms with van der Waals surface area (Å²) in [5, 5.41) is 0. The molecule has 0 nitrogen and oxygen atoms in total. The maximum atomic E-state index is 12.0. The Labute approximate surface area is 149 Å². The molecule has 0 saturated heterocycles. The highest BCUT2D eigenvalue weighted by atomic mass is 19.4. The Balaban J connectivity index is 0.000000280. The fraction of sp³-hybridized carbons (Fsp3) is 0.250. The van der Waals surface area contributed by atoms with Crippen molar-refractivity contribution in [2.75, 3.05) is 0 Å². The van der Waals surface area contributed by atoms with E-state index in [1.807, 2.05) is 0 Å². The van der Waals surface area contributed by atoms with E-state index in [9.17, 15) is 52.7 Å². The molecular weight excluding hydrogens is 420 g/mol. The van der Waals surface area contributed by atoms with Crippen LogP contribution >= 0.6 is 0 Å². The van der Waals surface area contributed by atoms with Crippen molar-refractivity contribution in [2.45, 2.75) is 24.7 Å². The lowest BCUT2D eigenvalue weighted by Gasteiger charge is -2.10. The van der Waals surface area contributed by atoms with Crippen LogP contribution in [0.15, 0.2) is 48.5 Å². The molecule has 0 radical (unpaired) electrons. The Morgan fingerprint density at radius 1 is 0.357 bits per heavy atom. The molecule has 2 aromatic rings. The van der Waals surface area contributed by atoms with Gasteiger partial charge in [-0.15, -0.1) is 0 Å². The number of benzene rings is 2. The van der Waals surface area contributed by atoms with Crippen LogP contribution in [0.3, 0.4) is 0 Å². The van der Waals surface area contributed by atoms with E-state index in [4.69, 9.17) is 0 Å². The summed E-state index contributed by atoms with van der Waals surface area (Å²) in [6.45, 7) is 0. The lowest BCUT2D eigenvalue weighted by molar-refractivity contribution is -0.144. The van der Waals surface area contributed by atoms with Gasteiger partial charge in [0.15, 0.2) is 0 Å². The Hall–Kier alpha value is -2.40. The zero-order valence-corrected chi connectivity index (χ0v) is 13.2. The molecule has 0 spiro atoms. The molecule has 0 aliphatic carbocycles. The van der Waals surface area contributed by atoms with Crippen LogP contribution in [0.5, 0.6) is 0 Å². The molecule has 0 N–H and O–H groups in total. The van der Waals surface area contributed by atoms with E-state index in [2.05, 4.69) is 0 Å². The van der Waals surface area contributed by atoms with Gasteiger partial charge in [-0.2, -0.15) is 52.7 Å². The SMILES string of the molecule is FC(F)(F)c1cccc(C(F)(F)F)c1.FC(F)(F)c1cccc(C(F)(F)F)c1. The highest BCUT2D eigenvalue weighted by Gasteiger charge is 2.36. The summed E-state index contributed by atoms with van der Waals surface area (Å²) < 4.78 is 144. The zero-order valence-electron chi connectivity index (χ0n) is 13.2. The van der Waals surface area contributed by atoms with E-state index in [1.54, 1.807) is 0 Å². The third kappa shape index (κ3) is 6.97. The number of hydrogen-bond donors (Lipinski definition) is 0. The van der Waals surface area contributed by atoms with Gasteiger partial charge >= 0.3 is 24.7 Å². The van der Waals surface area contributed by atoms with Gasteiger partial charge in [0.05, 0.1) is 22.3 Å². The Bertz CT molecular complexity index is 652. The van der Waals surface area contributed by atoms with Crippen LogP contribution in [0, 0.1) is 0 Å². The van der Waals surface area contributed by atoms with Gasteiger partial charge in [0.2, 0.25) is 0 Å². The van der Waals surface area contributed by atoms with E-state index in [0.717, 1.165) is 12.1 Å². The minimum absolute atomic E-state index is 0.0833. The van der Waals surface area contributed by atoms with E-state index in [0.29, 0.717) is 24.3 Å². The molecule has 28 heavy (non-hydrogen) atoms. The number of halogens is 12. The number of alkyl halides is 12. The third-order valence-corrected chi connectivity index (χ3v) is 3.03. The monoisotopic (exact) mass is 428 g/mol. The average molecular weight is 428 g/mol.